The second kappa shape index (κ2) is 4.86. The van der Waals surface area contributed by atoms with Crippen molar-refractivity contribution in [3.05, 3.63) is 12.0 Å². The summed E-state index contributed by atoms with van der Waals surface area (Å²) in [6, 6.07) is 0.00598. The molecule has 0 unspecified atom stereocenters. The Kier molecular flexibility index (Phi) is 3.72. The summed E-state index contributed by atoms with van der Waals surface area (Å²) in [5.74, 6) is -1.41. The quantitative estimate of drug-likeness (QED) is 0.716. The average Bonchev–Trinajstić information content (AvgIpc) is 2.60. The van der Waals surface area contributed by atoms with Gasteiger partial charge in [0, 0.05) is 5.54 Å². The number of oxazole rings is 1. The van der Waals surface area contributed by atoms with E-state index in [-0.39, 0.29) is 29.7 Å². The van der Waals surface area contributed by atoms with Gasteiger partial charge in [0.1, 0.15) is 6.26 Å². The van der Waals surface area contributed by atoms with E-state index in [0.717, 1.165) is 6.26 Å². The molecular formula is C10H15N3O4. The topological polar surface area (TPSA) is 104 Å². The maximum atomic E-state index is 11.4. The van der Waals surface area contributed by atoms with Crippen molar-refractivity contribution in [2.24, 2.45) is 0 Å². The molecule has 1 aromatic heterocycles. The number of hydrogen-bond acceptors (Lipinski definition) is 5. The number of carboxylic acids is 1. The van der Waals surface area contributed by atoms with Crippen molar-refractivity contribution < 1.29 is 19.1 Å². The van der Waals surface area contributed by atoms with Gasteiger partial charge in [0.15, 0.2) is 5.69 Å². The molecule has 1 amide bonds. The van der Waals surface area contributed by atoms with Crippen LogP contribution in [0.15, 0.2) is 10.7 Å². The third-order valence-electron chi connectivity index (χ3n) is 1.64. The zero-order valence-electron chi connectivity index (χ0n) is 9.90. The summed E-state index contributed by atoms with van der Waals surface area (Å²) in [6.45, 7) is 5.55. The van der Waals surface area contributed by atoms with E-state index in [4.69, 9.17) is 9.52 Å². The molecule has 7 heteroatoms. The summed E-state index contributed by atoms with van der Waals surface area (Å²) in [6.07, 6.45) is 1.01. The molecule has 0 spiro atoms. The van der Waals surface area contributed by atoms with Gasteiger partial charge in [-0.3, -0.25) is 4.79 Å². The number of aromatic nitrogens is 1. The fourth-order valence-electron chi connectivity index (χ4n) is 1.07. The minimum Gasteiger partial charge on any atom is -0.476 e. The first-order chi connectivity index (χ1) is 7.78. The number of carbonyl (C=O) groups excluding carboxylic acids is 1. The Labute approximate surface area is 98.2 Å². The van der Waals surface area contributed by atoms with Gasteiger partial charge in [-0.1, -0.05) is 0 Å². The molecule has 0 aliphatic heterocycles. The number of anilines is 1. The molecule has 94 valence electrons. The highest BCUT2D eigenvalue weighted by molar-refractivity contribution is 5.85. The number of aromatic carboxylic acids is 1. The van der Waals surface area contributed by atoms with Gasteiger partial charge < -0.3 is 20.2 Å². The summed E-state index contributed by atoms with van der Waals surface area (Å²) in [7, 11) is 0. The van der Waals surface area contributed by atoms with Crippen LogP contribution in [0.1, 0.15) is 31.3 Å². The molecule has 17 heavy (non-hydrogen) atoms. The fraction of sp³-hybridized carbons (Fsp3) is 0.500. The zero-order chi connectivity index (χ0) is 13.1. The lowest BCUT2D eigenvalue weighted by Gasteiger charge is -2.20. The van der Waals surface area contributed by atoms with E-state index in [1.54, 1.807) is 0 Å². The molecular weight excluding hydrogens is 226 g/mol. The molecule has 0 atom stereocenters. The van der Waals surface area contributed by atoms with Gasteiger partial charge in [0.2, 0.25) is 5.91 Å². The first-order valence-corrected chi connectivity index (χ1v) is 5.01. The molecule has 7 nitrogen and oxygen atoms in total. The highest BCUT2D eigenvalue weighted by atomic mass is 16.4. The van der Waals surface area contributed by atoms with Crippen molar-refractivity contribution in [3.8, 4) is 0 Å². The third kappa shape index (κ3) is 4.54. The van der Waals surface area contributed by atoms with E-state index in [2.05, 4.69) is 15.6 Å². The molecule has 0 aromatic carbocycles. The Morgan fingerprint density at radius 1 is 1.47 bits per heavy atom. The minimum absolute atomic E-state index is 0.00598. The lowest BCUT2D eigenvalue weighted by molar-refractivity contribution is -0.120. The van der Waals surface area contributed by atoms with Crippen LogP contribution in [-0.2, 0) is 4.79 Å². The van der Waals surface area contributed by atoms with Crippen LogP contribution in [-0.4, -0.2) is 34.1 Å². The van der Waals surface area contributed by atoms with Crippen molar-refractivity contribution in [2.75, 3.05) is 11.9 Å². The highest BCUT2D eigenvalue weighted by Gasteiger charge is 2.15. The summed E-state index contributed by atoms with van der Waals surface area (Å²) in [5, 5.41) is 13.9. The van der Waals surface area contributed by atoms with Crippen LogP contribution in [0, 0.1) is 0 Å². The van der Waals surface area contributed by atoms with Crippen molar-refractivity contribution in [3.63, 3.8) is 0 Å². The Morgan fingerprint density at radius 3 is 2.59 bits per heavy atom. The summed E-state index contributed by atoms with van der Waals surface area (Å²) < 4.78 is 4.82. The van der Waals surface area contributed by atoms with Gasteiger partial charge in [-0.2, -0.15) is 4.98 Å². The first kappa shape index (κ1) is 13.0. The Balaban J connectivity index is 2.45. The molecule has 0 saturated heterocycles. The van der Waals surface area contributed by atoms with Crippen molar-refractivity contribution in [1.82, 2.24) is 10.3 Å². The van der Waals surface area contributed by atoms with Gasteiger partial charge in [-0.15, -0.1) is 0 Å². The zero-order valence-corrected chi connectivity index (χ0v) is 9.90. The maximum absolute atomic E-state index is 11.4. The van der Waals surface area contributed by atoms with Crippen LogP contribution in [0.3, 0.4) is 0 Å². The Morgan fingerprint density at radius 2 is 2.12 bits per heavy atom. The van der Waals surface area contributed by atoms with Crippen molar-refractivity contribution >= 4 is 17.9 Å². The normalized spacial score (nSPS) is 11.0. The lowest BCUT2D eigenvalue weighted by Crippen LogP contribution is -2.43. The number of nitrogens with one attached hydrogen (secondary N) is 2. The molecule has 0 aliphatic carbocycles. The summed E-state index contributed by atoms with van der Waals surface area (Å²) in [4.78, 5) is 25.5. The highest BCUT2D eigenvalue weighted by Crippen LogP contribution is 2.06. The number of nitrogens with zero attached hydrogens (tertiary/aromatic N) is 1. The van der Waals surface area contributed by atoms with Gasteiger partial charge in [-0.25, -0.2) is 4.79 Å². The minimum atomic E-state index is -1.18. The van der Waals surface area contributed by atoms with Gasteiger partial charge in [0.05, 0.1) is 6.54 Å². The number of rotatable bonds is 4. The number of amides is 1. The molecule has 1 rings (SSSR count). The second-order valence-corrected chi connectivity index (χ2v) is 4.49. The number of hydrogen-bond donors (Lipinski definition) is 3. The van der Waals surface area contributed by atoms with Crippen LogP contribution < -0.4 is 10.6 Å². The summed E-state index contributed by atoms with van der Waals surface area (Å²) in [5.41, 5.74) is -0.523. The van der Waals surface area contributed by atoms with Crippen LogP contribution in [0.4, 0.5) is 6.01 Å². The molecule has 1 aromatic rings. The van der Waals surface area contributed by atoms with E-state index in [1.807, 2.05) is 20.8 Å². The number of carbonyl (C=O) groups is 2. The SMILES string of the molecule is CC(C)(C)NC(=O)CNc1nc(C(=O)O)co1. The molecule has 0 fully saturated rings. The monoisotopic (exact) mass is 241 g/mol. The largest absolute Gasteiger partial charge is 0.476 e. The smallest absolute Gasteiger partial charge is 0.357 e. The second-order valence-electron chi connectivity index (χ2n) is 4.49. The maximum Gasteiger partial charge on any atom is 0.357 e. The predicted octanol–water partition coefficient (Wildman–Crippen LogP) is 0.699. The lowest BCUT2D eigenvalue weighted by atomic mass is 10.1. The summed E-state index contributed by atoms with van der Waals surface area (Å²) >= 11 is 0. The van der Waals surface area contributed by atoms with Crippen LogP contribution >= 0.6 is 0 Å². The van der Waals surface area contributed by atoms with Gasteiger partial charge in [-0.05, 0) is 20.8 Å². The molecule has 0 bridgehead atoms. The Bertz CT molecular complexity index is 419. The fourth-order valence-corrected chi connectivity index (χ4v) is 1.07. The number of carboxylic acid groups (broad SMARTS) is 1. The van der Waals surface area contributed by atoms with E-state index in [9.17, 15) is 9.59 Å². The van der Waals surface area contributed by atoms with Crippen LogP contribution in [0.5, 0.6) is 0 Å². The van der Waals surface area contributed by atoms with E-state index in [1.165, 1.54) is 0 Å². The van der Waals surface area contributed by atoms with Crippen molar-refractivity contribution in [2.45, 2.75) is 26.3 Å². The predicted molar refractivity (Wildman–Crippen MR) is 59.8 cm³/mol. The third-order valence-corrected chi connectivity index (χ3v) is 1.64. The van der Waals surface area contributed by atoms with E-state index in [0.29, 0.717) is 0 Å². The van der Waals surface area contributed by atoms with Gasteiger partial charge >= 0.3 is 5.97 Å². The van der Waals surface area contributed by atoms with Crippen LogP contribution in [0.25, 0.3) is 0 Å². The molecule has 0 saturated carbocycles. The van der Waals surface area contributed by atoms with E-state index < -0.39 is 5.97 Å². The van der Waals surface area contributed by atoms with Gasteiger partial charge in [0.25, 0.3) is 6.01 Å². The average molecular weight is 241 g/mol. The molecule has 1 heterocycles. The van der Waals surface area contributed by atoms with E-state index >= 15 is 0 Å². The molecule has 0 radical (unpaired) electrons. The molecule has 0 aliphatic rings. The first-order valence-electron chi connectivity index (χ1n) is 5.01. The standard InChI is InChI=1S/C10H15N3O4/c1-10(2,3)13-7(14)4-11-9-12-6(5-17-9)8(15)16/h5H,4H2,1-3H3,(H,11,12)(H,13,14)(H,15,16). The van der Waals surface area contributed by atoms with Crippen LogP contribution in [0.2, 0.25) is 0 Å². The molecule has 3 N–H and O–H groups in total. The Hall–Kier alpha value is -2.05. The van der Waals surface area contributed by atoms with Crippen molar-refractivity contribution in [1.29, 1.82) is 0 Å².